The average Bonchev–Trinajstić information content (AvgIpc) is 2.73. The quantitative estimate of drug-likeness (QED) is 0.375. The number of carbonyl (C=O) groups excluding carboxylic acids is 2. The Kier molecular flexibility index (Phi) is 6.07. The molecule has 0 saturated heterocycles. The first-order valence-corrected chi connectivity index (χ1v) is 8.83. The SMILES string of the molecule is COc1cc(C(=O)CCc2cccc(O)c2)ccc1OC(=O)c1ccccc1. The summed E-state index contributed by atoms with van der Waals surface area (Å²) in [6.07, 6.45) is 0.802. The van der Waals surface area contributed by atoms with E-state index in [2.05, 4.69) is 0 Å². The number of methoxy groups -OCH3 is 1. The highest BCUT2D eigenvalue weighted by atomic mass is 16.6. The molecule has 0 bridgehead atoms. The zero-order valence-corrected chi connectivity index (χ0v) is 15.4. The summed E-state index contributed by atoms with van der Waals surface area (Å²) >= 11 is 0. The number of aryl methyl sites for hydroxylation is 1. The number of rotatable bonds is 7. The molecule has 0 radical (unpaired) electrons. The molecule has 0 spiro atoms. The molecule has 0 aliphatic carbocycles. The minimum Gasteiger partial charge on any atom is -0.508 e. The van der Waals surface area contributed by atoms with Crippen molar-refractivity contribution in [2.75, 3.05) is 7.11 Å². The number of phenols is 1. The Morgan fingerprint density at radius 2 is 1.64 bits per heavy atom. The molecule has 0 amide bonds. The average molecular weight is 376 g/mol. The maximum atomic E-state index is 12.5. The van der Waals surface area contributed by atoms with Crippen molar-refractivity contribution in [1.29, 1.82) is 0 Å². The molecular weight excluding hydrogens is 356 g/mol. The van der Waals surface area contributed by atoms with Gasteiger partial charge in [0.1, 0.15) is 5.75 Å². The van der Waals surface area contributed by atoms with E-state index in [0.717, 1.165) is 5.56 Å². The second-order valence-corrected chi connectivity index (χ2v) is 6.21. The van der Waals surface area contributed by atoms with Crippen LogP contribution in [0.15, 0.2) is 72.8 Å². The van der Waals surface area contributed by atoms with Gasteiger partial charge in [0, 0.05) is 12.0 Å². The van der Waals surface area contributed by atoms with Gasteiger partial charge in [-0.05, 0) is 54.4 Å². The summed E-state index contributed by atoms with van der Waals surface area (Å²) in [6.45, 7) is 0. The van der Waals surface area contributed by atoms with E-state index >= 15 is 0 Å². The van der Waals surface area contributed by atoms with E-state index in [4.69, 9.17) is 9.47 Å². The van der Waals surface area contributed by atoms with Crippen molar-refractivity contribution >= 4 is 11.8 Å². The van der Waals surface area contributed by atoms with Gasteiger partial charge in [-0.2, -0.15) is 0 Å². The molecule has 0 fully saturated rings. The number of aromatic hydroxyl groups is 1. The summed E-state index contributed by atoms with van der Waals surface area (Å²) in [5.41, 5.74) is 1.78. The van der Waals surface area contributed by atoms with E-state index in [1.54, 1.807) is 60.7 Å². The summed E-state index contributed by atoms with van der Waals surface area (Å²) in [6, 6.07) is 20.2. The highest BCUT2D eigenvalue weighted by molar-refractivity contribution is 5.97. The van der Waals surface area contributed by atoms with Crippen molar-refractivity contribution in [3.8, 4) is 17.2 Å². The van der Waals surface area contributed by atoms with Gasteiger partial charge in [-0.25, -0.2) is 4.79 Å². The number of benzene rings is 3. The highest BCUT2D eigenvalue weighted by Gasteiger charge is 2.15. The van der Waals surface area contributed by atoms with Crippen molar-refractivity contribution < 1.29 is 24.2 Å². The molecule has 5 heteroatoms. The molecule has 1 N–H and O–H groups in total. The number of ketones is 1. The van der Waals surface area contributed by atoms with E-state index in [-0.39, 0.29) is 23.7 Å². The molecule has 0 aliphatic heterocycles. The van der Waals surface area contributed by atoms with Crippen LogP contribution in [0.2, 0.25) is 0 Å². The molecule has 5 nitrogen and oxygen atoms in total. The van der Waals surface area contributed by atoms with Crippen LogP contribution in [0.1, 0.15) is 32.7 Å². The molecule has 0 aliphatic rings. The third kappa shape index (κ3) is 4.76. The third-order valence-electron chi connectivity index (χ3n) is 4.25. The van der Waals surface area contributed by atoms with E-state index < -0.39 is 5.97 Å². The molecular formula is C23H20O5. The van der Waals surface area contributed by atoms with Crippen molar-refractivity contribution in [2.24, 2.45) is 0 Å². The highest BCUT2D eigenvalue weighted by Crippen LogP contribution is 2.29. The first-order chi connectivity index (χ1) is 13.6. The monoisotopic (exact) mass is 376 g/mol. The molecule has 0 saturated carbocycles. The van der Waals surface area contributed by atoms with E-state index in [9.17, 15) is 14.7 Å². The summed E-state index contributed by atoms with van der Waals surface area (Å²) in [5, 5.41) is 9.51. The lowest BCUT2D eigenvalue weighted by atomic mass is 10.0. The van der Waals surface area contributed by atoms with Crippen molar-refractivity contribution in [3.05, 3.63) is 89.5 Å². The first-order valence-electron chi connectivity index (χ1n) is 8.83. The van der Waals surface area contributed by atoms with Crippen LogP contribution in [0, 0.1) is 0 Å². The maximum Gasteiger partial charge on any atom is 0.343 e. The number of carbonyl (C=O) groups is 2. The molecule has 28 heavy (non-hydrogen) atoms. The molecule has 0 aromatic heterocycles. The fourth-order valence-corrected chi connectivity index (χ4v) is 2.77. The second kappa shape index (κ2) is 8.86. The van der Waals surface area contributed by atoms with Crippen molar-refractivity contribution in [2.45, 2.75) is 12.8 Å². The number of esters is 1. The van der Waals surface area contributed by atoms with Gasteiger partial charge in [-0.3, -0.25) is 4.79 Å². The zero-order chi connectivity index (χ0) is 19.9. The number of hydrogen-bond acceptors (Lipinski definition) is 5. The molecule has 3 rings (SSSR count). The number of hydrogen-bond donors (Lipinski definition) is 1. The molecule has 0 heterocycles. The van der Waals surface area contributed by atoms with Gasteiger partial charge in [0.2, 0.25) is 0 Å². The van der Waals surface area contributed by atoms with E-state index in [0.29, 0.717) is 23.3 Å². The molecule has 142 valence electrons. The van der Waals surface area contributed by atoms with Crippen LogP contribution in [-0.2, 0) is 6.42 Å². The Morgan fingerprint density at radius 3 is 2.36 bits per heavy atom. The standard InChI is InChI=1S/C23H20O5/c1-27-22-15-18(20(25)12-10-16-6-5-9-19(24)14-16)11-13-21(22)28-23(26)17-7-3-2-4-8-17/h2-9,11,13-15,24H,10,12H2,1H3. The summed E-state index contributed by atoms with van der Waals surface area (Å²) in [5.74, 6) is 0.175. The molecule has 3 aromatic rings. The predicted molar refractivity (Wildman–Crippen MR) is 105 cm³/mol. The van der Waals surface area contributed by atoms with Crippen molar-refractivity contribution in [1.82, 2.24) is 0 Å². The lowest BCUT2D eigenvalue weighted by Crippen LogP contribution is -2.09. The van der Waals surface area contributed by atoms with E-state index in [1.165, 1.54) is 7.11 Å². The largest absolute Gasteiger partial charge is 0.508 e. The fourth-order valence-electron chi connectivity index (χ4n) is 2.77. The Bertz CT molecular complexity index is 979. The van der Waals surface area contributed by atoms with Gasteiger partial charge in [0.05, 0.1) is 12.7 Å². The number of Topliss-reactive ketones (excluding diaryl/α,β-unsaturated/α-hetero) is 1. The van der Waals surface area contributed by atoms with Gasteiger partial charge in [0.25, 0.3) is 0 Å². The van der Waals surface area contributed by atoms with Gasteiger partial charge < -0.3 is 14.6 Å². The van der Waals surface area contributed by atoms with Gasteiger partial charge in [-0.1, -0.05) is 30.3 Å². The van der Waals surface area contributed by atoms with E-state index in [1.807, 2.05) is 12.1 Å². The van der Waals surface area contributed by atoms with Crippen LogP contribution in [0.3, 0.4) is 0 Å². The number of phenolic OH excluding ortho intramolecular Hbond substituents is 1. The van der Waals surface area contributed by atoms with Gasteiger partial charge in [0.15, 0.2) is 17.3 Å². The Hall–Kier alpha value is -3.60. The lowest BCUT2D eigenvalue weighted by molar-refractivity contribution is 0.0729. The Balaban J connectivity index is 1.69. The first kappa shape index (κ1) is 19.2. The molecule has 0 atom stereocenters. The van der Waals surface area contributed by atoms with Crippen LogP contribution < -0.4 is 9.47 Å². The van der Waals surface area contributed by atoms with Gasteiger partial charge >= 0.3 is 5.97 Å². The maximum absolute atomic E-state index is 12.5. The molecule has 0 unspecified atom stereocenters. The van der Waals surface area contributed by atoms with Crippen LogP contribution in [0.5, 0.6) is 17.2 Å². The minimum atomic E-state index is -0.498. The van der Waals surface area contributed by atoms with Crippen LogP contribution in [0.4, 0.5) is 0 Å². The summed E-state index contributed by atoms with van der Waals surface area (Å²) < 4.78 is 10.7. The fraction of sp³-hybridized carbons (Fsp3) is 0.130. The second-order valence-electron chi connectivity index (χ2n) is 6.21. The topological polar surface area (TPSA) is 72.8 Å². The third-order valence-corrected chi connectivity index (χ3v) is 4.25. The van der Waals surface area contributed by atoms with Crippen LogP contribution >= 0.6 is 0 Å². The van der Waals surface area contributed by atoms with Gasteiger partial charge in [-0.15, -0.1) is 0 Å². The minimum absolute atomic E-state index is 0.0671. The van der Waals surface area contributed by atoms with Crippen molar-refractivity contribution in [3.63, 3.8) is 0 Å². The normalized spacial score (nSPS) is 10.3. The Labute approximate surface area is 163 Å². The summed E-state index contributed by atoms with van der Waals surface area (Å²) in [4.78, 5) is 24.7. The van der Waals surface area contributed by atoms with Crippen LogP contribution in [-0.4, -0.2) is 24.0 Å². The smallest absolute Gasteiger partial charge is 0.343 e. The summed E-state index contributed by atoms with van der Waals surface area (Å²) in [7, 11) is 1.45. The van der Waals surface area contributed by atoms with Crippen LogP contribution in [0.25, 0.3) is 0 Å². The Morgan fingerprint density at radius 1 is 0.857 bits per heavy atom. The molecule has 3 aromatic carbocycles. The predicted octanol–water partition coefficient (Wildman–Crippen LogP) is 4.44. The zero-order valence-electron chi connectivity index (χ0n) is 15.4. The lowest BCUT2D eigenvalue weighted by Gasteiger charge is -2.11. The number of ether oxygens (including phenoxy) is 2.